The summed E-state index contributed by atoms with van der Waals surface area (Å²) in [5.41, 5.74) is 3.14. The van der Waals surface area contributed by atoms with Crippen LogP contribution < -0.4 is 4.72 Å². The molecule has 214 valence electrons. The minimum atomic E-state index is -5.09. The first-order valence-electron chi connectivity index (χ1n) is 13.0. The van der Waals surface area contributed by atoms with Crippen LogP contribution >= 0.6 is 11.6 Å². The number of benzene rings is 2. The first-order valence-corrected chi connectivity index (χ1v) is 14.8. The summed E-state index contributed by atoms with van der Waals surface area (Å²) in [6.07, 6.45) is -0.476. The second-order valence-corrected chi connectivity index (χ2v) is 12.4. The van der Waals surface area contributed by atoms with E-state index in [1.54, 1.807) is 0 Å². The molecular formula is C27H32ClF4N3O3S. The SMILES string of the molecule is CN(C(=O)C[C@H](NS(=O)(=O)c1cc(Cl)ccc1F)C(F)(F)F)[C@@H]1CCCc2cc(CN3CCCCC3)ccc21. The van der Waals surface area contributed by atoms with Crippen LogP contribution in [0.15, 0.2) is 41.3 Å². The molecule has 39 heavy (non-hydrogen) atoms. The minimum Gasteiger partial charge on any atom is -0.339 e. The molecule has 1 aliphatic heterocycles. The third-order valence-electron chi connectivity index (χ3n) is 7.46. The lowest BCUT2D eigenvalue weighted by Crippen LogP contribution is -2.48. The number of rotatable bonds is 8. The van der Waals surface area contributed by atoms with Crippen molar-refractivity contribution in [2.45, 2.75) is 74.6 Å². The number of likely N-dealkylation sites (tertiary alicyclic amines) is 1. The Morgan fingerprint density at radius 3 is 2.54 bits per heavy atom. The van der Waals surface area contributed by atoms with Gasteiger partial charge in [-0.05, 0) is 80.1 Å². The van der Waals surface area contributed by atoms with Crippen LogP contribution in [0.3, 0.4) is 0 Å². The topological polar surface area (TPSA) is 69.7 Å². The first kappa shape index (κ1) is 29.8. The third-order valence-corrected chi connectivity index (χ3v) is 9.18. The van der Waals surface area contributed by atoms with Crippen molar-refractivity contribution in [3.8, 4) is 0 Å². The van der Waals surface area contributed by atoms with Crippen LogP contribution in [0, 0.1) is 5.82 Å². The van der Waals surface area contributed by atoms with Gasteiger partial charge in [0, 0.05) is 18.6 Å². The quantitative estimate of drug-likeness (QED) is 0.407. The van der Waals surface area contributed by atoms with Crippen molar-refractivity contribution in [1.29, 1.82) is 0 Å². The monoisotopic (exact) mass is 589 g/mol. The molecule has 1 saturated heterocycles. The second-order valence-electron chi connectivity index (χ2n) is 10.3. The zero-order valence-corrected chi connectivity index (χ0v) is 23.2. The maximum atomic E-state index is 14.1. The number of amides is 1. The summed E-state index contributed by atoms with van der Waals surface area (Å²) in [6, 6.07) is 5.46. The van der Waals surface area contributed by atoms with E-state index < -0.39 is 51.3 Å². The van der Waals surface area contributed by atoms with Crippen LogP contribution in [0.4, 0.5) is 17.6 Å². The molecule has 4 rings (SSSR count). The van der Waals surface area contributed by atoms with Gasteiger partial charge in [0.25, 0.3) is 0 Å². The zero-order chi connectivity index (χ0) is 28.4. The standard InChI is InChI=1S/C27H32ClF4N3O3S/c1-34(23-7-5-6-19-14-18(8-10-21(19)23)17-35-12-3-2-4-13-35)26(36)16-25(27(30,31)32)33-39(37,38)24-15-20(28)9-11-22(24)29/h8-11,14-15,23,25,33H,2-7,12-13,16-17H2,1H3/t23-,25+/m1/s1. The van der Waals surface area contributed by atoms with Gasteiger partial charge in [-0.3, -0.25) is 9.69 Å². The number of halogens is 5. The van der Waals surface area contributed by atoms with E-state index in [9.17, 15) is 30.8 Å². The van der Waals surface area contributed by atoms with Gasteiger partial charge in [-0.25, -0.2) is 12.8 Å². The highest BCUT2D eigenvalue weighted by molar-refractivity contribution is 7.89. The summed E-state index contributed by atoms with van der Waals surface area (Å²) in [6.45, 7) is 2.96. The fourth-order valence-corrected chi connectivity index (χ4v) is 6.93. The Hall–Kier alpha value is -2.21. The summed E-state index contributed by atoms with van der Waals surface area (Å²) in [4.78, 5) is 15.7. The third kappa shape index (κ3) is 7.31. The first-order chi connectivity index (χ1) is 18.3. The lowest BCUT2D eigenvalue weighted by atomic mass is 9.85. The van der Waals surface area contributed by atoms with Gasteiger partial charge in [0.2, 0.25) is 15.9 Å². The molecule has 2 aliphatic rings. The molecule has 0 aromatic heterocycles. The molecule has 1 aliphatic carbocycles. The van der Waals surface area contributed by atoms with Crippen molar-refractivity contribution in [3.05, 3.63) is 63.9 Å². The number of aryl methyl sites for hydroxylation is 1. The molecule has 1 amide bonds. The summed E-state index contributed by atoms with van der Waals surface area (Å²) >= 11 is 5.72. The molecule has 2 aromatic carbocycles. The van der Waals surface area contributed by atoms with Gasteiger partial charge >= 0.3 is 6.18 Å². The molecule has 0 radical (unpaired) electrons. The van der Waals surface area contributed by atoms with Crippen molar-refractivity contribution in [1.82, 2.24) is 14.5 Å². The Labute approximate surface area is 231 Å². The van der Waals surface area contributed by atoms with E-state index >= 15 is 0 Å². The number of sulfonamides is 1. The van der Waals surface area contributed by atoms with E-state index in [4.69, 9.17) is 11.6 Å². The fraction of sp³-hybridized carbons (Fsp3) is 0.519. The minimum absolute atomic E-state index is 0.161. The fourth-order valence-electron chi connectivity index (χ4n) is 5.37. The summed E-state index contributed by atoms with van der Waals surface area (Å²) in [5.74, 6) is -2.13. The van der Waals surface area contributed by atoms with E-state index in [1.807, 2.05) is 12.1 Å². The van der Waals surface area contributed by atoms with Crippen molar-refractivity contribution < 1.29 is 30.8 Å². The normalized spacial score (nSPS) is 19.4. The molecule has 1 N–H and O–H groups in total. The predicted molar refractivity (Wildman–Crippen MR) is 140 cm³/mol. The van der Waals surface area contributed by atoms with Gasteiger partial charge in [-0.1, -0.05) is 36.2 Å². The Kier molecular flexibility index (Phi) is 9.25. The van der Waals surface area contributed by atoms with Gasteiger partial charge < -0.3 is 4.90 Å². The summed E-state index contributed by atoms with van der Waals surface area (Å²) in [7, 11) is -3.53. The number of nitrogens with one attached hydrogen (secondary N) is 1. The van der Waals surface area contributed by atoms with Crippen LogP contribution in [0.25, 0.3) is 0 Å². The van der Waals surface area contributed by atoms with E-state index in [0.717, 1.165) is 61.8 Å². The number of piperidine rings is 1. The number of hydrogen-bond acceptors (Lipinski definition) is 4. The molecule has 2 aromatic rings. The Morgan fingerprint density at radius 2 is 1.85 bits per heavy atom. The average Bonchev–Trinajstić information content (AvgIpc) is 2.88. The van der Waals surface area contributed by atoms with Crippen LogP contribution in [-0.2, 0) is 27.8 Å². The Balaban J connectivity index is 1.49. The zero-order valence-electron chi connectivity index (χ0n) is 21.6. The Bertz CT molecular complexity index is 1300. The molecule has 0 saturated carbocycles. The Morgan fingerprint density at radius 1 is 1.13 bits per heavy atom. The molecule has 0 bridgehead atoms. The van der Waals surface area contributed by atoms with Crippen molar-refractivity contribution in [3.63, 3.8) is 0 Å². The number of carbonyl (C=O) groups excluding carboxylic acids is 1. The lowest BCUT2D eigenvalue weighted by molar-refractivity contribution is -0.161. The molecule has 0 spiro atoms. The van der Waals surface area contributed by atoms with Gasteiger partial charge in [0.1, 0.15) is 16.8 Å². The molecule has 1 heterocycles. The largest absolute Gasteiger partial charge is 0.405 e. The van der Waals surface area contributed by atoms with Crippen LogP contribution in [0.2, 0.25) is 5.02 Å². The van der Waals surface area contributed by atoms with Gasteiger partial charge in [-0.2, -0.15) is 17.9 Å². The van der Waals surface area contributed by atoms with Crippen LogP contribution in [0.5, 0.6) is 0 Å². The molecule has 2 atom stereocenters. The molecule has 1 fully saturated rings. The maximum Gasteiger partial charge on any atom is 0.405 e. The molecule has 12 heteroatoms. The number of carbonyl (C=O) groups is 1. The van der Waals surface area contributed by atoms with Gasteiger partial charge in [-0.15, -0.1) is 0 Å². The summed E-state index contributed by atoms with van der Waals surface area (Å²) < 4.78 is 82.4. The van der Waals surface area contributed by atoms with Crippen LogP contribution in [0.1, 0.15) is 61.3 Å². The number of alkyl halides is 3. The number of fused-ring (bicyclic) bond motifs is 1. The number of nitrogens with zero attached hydrogens (tertiary/aromatic N) is 2. The van der Waals surface area contributed by atoms with E-state index in [-0.39, 0.29) is 5.02 Å². The van der Waals surface area contributed by atoms with E-state index in [0.29, 0.717) is 6.42 Å². The highest BCUT2D eigenvalue weighted by Crippen LogP contribution is 2.36. The average molecular weight is 590 g/mol. The smallest absolute Gasteiger partial charge is 0.339 e. The van der Waals surface area contributed by atoms with E-state index in [2.05, 4.69) is 11.0 Å². The second kappa shape index (κ2) is 12.1. The van der Waals surface area contributed by atoms with Crippen molar-refractivity contribution in [2.75, 3.05) is 20.1 Å². The summed E-state index contributed by atoms with van der Waals surface area (Å²) in [5, 5.41) is -0.161. The van der Waals surface area contributed by atoms with Gasteiger partial charge in [0.15, 0.2) is 0 Å². The molecule has 6 nitrogen and oxygen atoms in total. The predicted octanol–water partition coefficient (Wildman–Crippen LogP) is 5.60. The highest BCUT2D eigenvalue weighted by atomic mass is 35.5. The molecule has 0 unspecified atom stereocenters. The maximum absolute atomic E-state index is 14.1. The van der Waals surface area contributed by atoms with Crippen LogP contribution in [-0.4, -0.2) is 56.5 Å². The lowest BCUT2D eigenvalue weighted by Gasteiger charge is -2.35. The van der Waals surface area contributed by atoms with Crippen molar-refractivity contribution in [2.24, 2.45) is 0 Å². The van der Waals surface area contributed by atoms with Gasteiger partial charge in [0.05, 0.1) is 12.5 Å². The highest BCUT2D eigenvalue weighted by Gasteiger charge is 2.45. The number of hydrogen-bond donors (Lipinski definition) is 1. The molecular weight excluding hydrogens is 558 g/mol. The van der Waals surface area contributed by atoms with E-state index in [1.165, 1.54) is 41.5 Å². The van der Waals surface area contributed by atoms with Crippen molar-refractivity contribution >= 4 is 27.5 Å².